The number of ether oxygens (including phenoxy) is 1. The first-order valence-electron chi connectivity index (χ1n) is 8.09. The summed E-state index contributed by atoms with van der Waals surface area (Å²) < 4.78 is 6.82. The number of nitrogens with zero attached hydrogens (tertiary/aromatic N) is 2. The molecule has 7 nitrogen and oxygen atoms in total. The van der Waals surface area contributed by atoms with E-state index in [2.05, 4.69) is 10.4 Å². The van der Waals surface area contributed by atoms with Crippen molar-refractivity contribution in [2.45, 2.75) is 6.54 Å². The molecule has 0 atom stereocenters. The molecule has 138 valence electrons. The average molecular weight is 385 g/mol. The molecule has 0 aliphatic heterocycles. The van der Waals surface area contributed by atoms with Gasteiger partial charge in [-0.2, -0.15) is 5.10 Å². The predicted octanol–water partition coefficient (Wildman–Crippen LogP) is 2.70. The second-order valence-electron chi connectivity index (χ2n) is 5.75. The summed E-state index contributed by atoms with van der Waals surface area (Å²) in [7, 11) is 0. The van der Waals surface area contributed by atoms with Gasteiger partial charge < -0.3 is 15.8 Å². The van der Waals surface area contributed by atoms with Crippen LogP contribution in [0.1, 0.15) is 15.9 Å². The number of amides is 2. The van der Waals surface area contributed by atoms with Gasteiger partial charge in [0, 0.05) is 16.9 Å². The minimum atomic E-state index is -0.554. The zero-order valence-corrected chi connectivity index (χ0v) is 15.0. The van der Waals surface area contributed by atoms with Crippen LogP contribution in [0, 0.1) is 0 Å². The van der Waals surface area contributed by atoms with E-state index in [1.807, 2.05) is 24.3 Å². The van der Waals surface area contributed by atoms with Crippen molar-refractivity contribution in [3.05, 3.63) is 77.1 Å². The van der Waals surface area contributed by atoms with E-state index in [1.165, 1.54) is 6.20 Å². The van der Waals surface area contributed by atoms with E-state index in [-0.39, 0.29) is 12.5 Å². The molecule has 1 heterocycles. The van der Waals surface area contributed by atoms with Crippen LogP contribution in [-0.4, -0.2) is 28.2 Å². The van der Waals surface area contributed by atoms with Crippen molar-refractivity contribution in [3.8, 4) is 5.75 Å². The maximum atomic E-state index is 12.4. The molecule has 0 spiro atoms. The van der Waals surface area contributed by atoms with E-state index >= 15 is 0 Å². The number of aromatic nitrogens is 2. The molecule has 0 bridgehead atoms. The number of carbonyl (C=O) groups is 2. The van der Waals surface area contributed by atoms with Crippen LogP contribution in [-0.2, 0) is 11.3 Å². The molecule has 3 rings (SSSR count). The Morgan fingerprint density at radius 3 is 2.59 bits per heavy atom. The lowest BCUT2D eigenvalue weighted by Crippen LogP contribution is -2.20. The van der Waals surface area contributed by atoms with Crippen LogP contribution in [0.2, 0.25) is 5.02 Å². The number of primary amides is 1. The van der Waals surface area contributed by atoms with Crippen LogP contribution in [0.4, 0.5) is 5.69 Å². The molecule has 0 saturated carbocycles. The van der Waals surface area contributed by atoms with Gasteiger partial charge in [0.1, 0.15) is 5.75 Å². The van der Waals surface area contributed by atoms with Gasteiger partial charge in [-0.25, -0.2) is 0 Å². The van der Waals surface area contributed by atoms with Crippen LogP contribution < -0.4 is 15.8 Å². The average Bonchev–Trinajstić information content (AvgIpc) is 3.12. The summed E-state index contributed by atoms with van der Waals surface area (Å²) in [6.07, 6.45) is 3.15. The molecule has 2 amide bonds. The van der Waals surface area contributed by atoms with Crippen molar-refractivity contribution >= 4 is 29.1 Å². The zero-order chi connectivity index (χ0) is 19.2. The number of hydrogen-bond donors (Lipinski definition) is 2. The Bertz CT molecular complexity index is 954. The number of carbonyl (C=O) groups excluding carboxylic acids is 2. The van der Waals surface area contributed by atoms with Gasteiger partial charge in [0.15, 0.2) is 6.61 Å². The van der Waals surface area contributed by atoms with E-state index in [1.54, 1.807) is 35.1 Å². The summed E-state index contributed by atoms with van der Waals surface area (Å²) in [5.41, 5.74) is 6.96. The topological polar surface area (TPSA) is 99.2 Å². The highest BCUT2D eigenvalue weighted by Crippen LogP contribution is 2.18. The Morgan fingerprint density at radius 1 is 1.15 bits per heavy atom. The summed E-state index contributed by atoms with van der Waals surface area (Å²) in [5.74, 6) is -0.355. The number of rotatable bonds is 7. The molecule has 3 aromatic rings. The first-order chi connectivity index (χ1) is 13.0. The first kappa shape index (κ1) is 18.5. The number of benzene rings is 2. The minimum Gasteiger partial charge on any atom is -0.484 e. The van der Waals surface area contributed by atoms with E-state index in [9.17, 15) is 9.59 Å². The van der Waals surface area contributed by atoms with Crippen molar-refractivity contribution in [2.75, 3.05) is 11.9 Å². The summed E-state index contributed by atoms with van der Waals surface area (Å²) in [4.78, 5) is 23.1. The van der Waals surface area contributed by atoms with E-state index < -0.39 is 5.91 Å². The molecule has 0 saturated heterocycles. The van der Waals surface area contributed by atoms with E-state index in [4.69, 9.17) is 22.1 Å². The molecule has 0 unspecified atom stereocenters. The lowest BCUT2D eigenvalue weighted by Gasteiger charge is -2.06. The summed E-state index contributed by atoms with van der Waals surface area (Å²) >= 11 is 6.15. The van der Waals surface area contributed by atoms with Crippen LogP contribution >= 0.6 is 11.6 Å². The quantitative estimate of drug-likeness (QED) is 0.654. The van der Waals surface area contributed by atoms with Crippen LogP contribution in [0.3, 0.4) is 0 Å². The largest absolute Gasteiger partial charge is 0.484 e. The maximum absolute atomic E-state index is 12.4. The molecule has 2 aromatic carbocycles. The Balaban J connectivity index is 1.61. The van der Waals surface area contributed by atoms with E-state index in [0.717, 1.165) is 5.56 Å². The second-order valence-corrected chi connectivity index (χ2v) is 6.16. The minimum absolute atomic E-state index is 0.198. The molecular weight excluding hydrogens is 368 g/mol. The van der Waals surface area contributed by atoms with Crippen LogP contribution in [0.5, 0.6) is 5.75 Å². The molecule has 8 heteroatoms. The highest BCUT2D eigenvalue weighted by molar-refractivity contribution is 6.31. The number of halogens is 1. The summed E-state index contributed by atoms with van der Waals surface area (Å²) in [6.45, 7) is 0.273. The monoisotopic (exact) mass is 384 g/mol. The lowest BCUT2D eigenvalue weighted by molar-refractivity contribution is -0.119. The third kappa shape index (κ3) is 5.08. The van der Waals surface area contributed by atoms with E-state index in [0.29, 0.717) is 28.6 Å². The Hall–Kier alpha value is -3.32. The standard InChI is InChI=1S/C19H17ClN4O3/c20-17-4-2-1-3-13(17)10-24-11-14(9-22-24)19(26)23-15-5-7-16(8-6-15)27-12-18(21)25/h1-9,11H,10,12H2,(H2,21,25)(H,23,26). The fourth-order valence-corrected chi connectivity index (χ4v) is 2.56. The third-order valence-corrected chi connectivity index (χ3v) is 4.05. The molecule has 0 fully saturated rings. The molecular formula is C19H17ClN4O3. The van der Waals surface area contributed by atoms with Gasteiger partial charge in [0.25, 0.3) is 11.8 Å². The maximum Gasteiger partial charge on any atom is 0.258 e. The molecule has 3 N–H and O–H groups in total. The predicted molar refractivity (Wildman–Crippen MR) is 102 cm³/mol. The van der Waals surface area contributed by atoms with Crippen molar-refractivity contribution < 1.29 is 14.3 Å². The Morgan fingerprint density at radius 2 is 1.89 bits per heavy atom. The first-order valence-corrected chi connectivity index (χ1v) is 8.47. The molecule has 27 heavy (non-hydrogen) atoms. The van der Waals surface area contributed by atoms with Gasteiger partial charge >= 0.3 is 0 Å². The van der Waals surface area contributed by atoms with Gasteiger partial charge in [-0.05, 0) is 35.9 Å². The number of hydrogen-bond acceptors (Lipinski definition) is 4. The highest BCUT2D eigenvalue weighted by Gasteiger charge is 2.10. The van der Waals surface area contributed by atoms with Crippen LogP contribution in [0.25, 0.3) is 0 Å². The van der Waals surface area contributed by atoms with Crippen LogP contribution in [0.15, 0.2) is 60.9 Å². The fourth-order valence-electron chi connectivity index (χ4n) is 2.36. The Labute approximate surface area is 160 Å². The highest BCUT2D eigenvalue weighted by atomic mass is 35.5. The van der Waals surface area contributed by atoms with Gasteiger partial charge in [-0.3, -0.25) is 14.3 Å². The lowest BCUT2D eigenvalue weighted by atomic mass is 10.2. The smallest absolute Gasteiger partial charge is 0.258 e. The van der Waals surface area contributed by atoms with Gasteiger partial charge in [-0.1, -0.05) is 29.8 Å². The number of anilines is 1. The number of nitrogens with one attached hydrogen (secondary N) is 1. The molecule has 0 aliphatic carbocycles. The summed E-state index contributed by atoms with van der Waals surface area (Å²) in [5, 5.41) is 7.63. The van der Waals surface area contributed by atoms with Gasteiger partial charge in [0.2, 0.25) is 0 Å². The van der Waals surface area contributed by atoms with Crippen molar-refractivity contribution in [3.63, 3.8) is 0 Å². The third-order valence-electron chi connectivity index (χ3n) is 3.68. The molecule has 0 aliphatic rings. The fraction of sp³-hybridized carbons (Fsp3) is 0.105. The summed E-state index contributed by atoms with van der Waals surface area (Å²) in [6, 6.07) is 14.1. The molecule has 0 radical (unpaired) electrons. The zero-order valence-electron chi connectivity index (χ0n) is 14.3. The second kappa shape index (κ2) is 8.37. The van der Waals surface area contributed by atoms with Gasteiger partial charge in [-0.15, -0.1) is 0 Å². The molecule has 1 aromatic heterocycles. The number of nitrogens with two attached hydrogens (primary N) is 1. The van der Waals surface area contributed by atoms with Crippen molar-refractivity contribution in [1.82, 2.24) is 9.78 Å². The van der Waals surface area contributed by atoms with Crippen molar-refractivity contribution in [1.29, 1.82) is 0 Å². The Kier molecular flexibility index (Phi) is 5.73. The van der Waals surface area contributed by atoms with Gasteiger partial charge in [0.05, 0.1) is 18.3 Å². The SMILES string of the molecule is NC(=O)COc1ccc(NC(=O)c2cnn(Cc3ccccc3Cl)c2)cc1. The normalized spacial score (nSPS) is 10.4. The van der Waals surface area contributed by atoms with Crippen molar-refractivity contribution in [2.24, 2.45) is 5.73 Å².